The van der Waals surface area contributed by atoms with E-state index in [1.54, 1.807) is 0 Å². The molecule has 0 bridgehead atoms. The Bertz CT molecular complexity index is 2430. The number of benzene rings is 8. The maximum absolute atomic E-state index is 6.70. The van der Waals surface area contributed by atoms with Gasteiger partial charge in [-0.3, -0.25) is 0 Å². The summed E-state index contributed by atoms with van der Waals surface area (Å²) in [7, 11) is 0. The van der Waals surface area contributed by atoms with Crippen molar-refractivity contribution in [1.82, 2.24) is 0 Å². The maximum Gasteiger partial charge on any atom is 0.152 e. The number of anilines is 3. The van der Waals surface area contributed by atoms with Crippen molar-refractivity contribution in [3.63, 3.8) is 0 Å². The lowest BCUT2D eigenvalue weighted by Crippen LogP contribution is -2.16. The number of hydrogen-bond acceptors (Lipinski definition) is 2. The zero-order chi connectivity index (χ0) is 30.9. The van der Waals surface area contributed by atoms with Crippen molar-refractivity contribution in [3.05, 3.63) is 138 Å². The van der Waals surface area contributed by atoms with Crippen molar-refractivity contribution in [3.8, 4) is 22.6 Å². The van der Waals surface area contributed by atoms with Crippen molar-refractivity contribution >= 4 is 60.2 Å². The number of nitrogens with zero attached hydrogens (tertiary/aromatic N) is 1. The molecule has 1 aliphatic rings. The normalized spacial score (nSPS) is 12.6. The Hall–Kier alpha value is -5.34. The highest BCUT2D eigenvalue weighted by molar-refractivity contribution is 6.34. The Morgan fingerprint density at radius 3 is 1.96 bits per heavy atom. The molecule has 0 radical (unpaired) electrons. The third-order valence-corrected chi connectivity index (χ3v) is 9.98. The van der Waals surface area contributed by atoms with Gasteiger partial charge in [-0.05, 0) is 134 Å². The van der Waals surface area contributed by atoms with Gasteiger partial charge in [-0.25, -0.2) is 0 Å². The quantitative estimate of drug-likeness (QED) is 0.145. The van der Waals surface area contributed by atoms with Crippen LogP contribution in [-0.2, 0) is 6.42 Å². The van der Waals surface area contributed by atoms with Crippen molar-refractivity contribution < 1.29 is 4.74 Å². The van der Waals surface area contributed by atoms with Gasteiger partial charge in [0.2, 0.25) is 0 Å². The average Bonchev–Trinajstić information content (AvgIpc) is 3.09. The van der Waals surface area contributed by atoms with Crippen LogP contribution < -0.4 is 9.64 Å². The zero-order valence-electron chi connectivity index (χ0n) is 26.5. The van der Waals surface area contributed by atoms with Gasteiger partial charge in [0.05, 0.1) is 11.4 Å². The molecule has 0 aromatic heterocycles. The molecule has 2 heteroatoms. The van der Waals surface area contributed by atoms with E-state index in [0.717, 1.165) is 40.5 Å². The smallest absolute Gasteiger partial charge is 0.152 e. The van der Waals surface area contributed by atoms with Gasteiger partial charge in [-0.1, -0.05) is 98.3 Å². The minimum Gasteiger partial charge on any atom is -0.453 e. The second-order valence-corrected chi connectivity index (χ2v) is 12.9. The molecule has 0 fully saturated rings. The average molecular weight is 594 g/mol. The molecule has 0 amide bonds. The first kappa shape index (κ1) is 27.0. The van der Waals surface area contributed by atoms with Crippen LogP contribution in [0.15, 0.2) is 121 Å². The first-order valence-corrected chi connectivity index (χ1v) is 16.5. The molecule has 0 aliphatic carbocycles. The van der Waals surface area contributed by atoms with Crippen LogP contribution in [0.5, 0.6) is 11.5 Å². The lowest BCUT2D eigenvalue weighted by Gasteiger charge is -2.33. The molecule has 9 rings (SSSR count). The van der Waals surface area contributed by atoms with E-state index in [-0.39, 0.29) is 0 Å². The van der Waals surface area contributed by atoms with Crippen molar-refractivity contribution in [2.45, 2.75) is 40.0 Å². The fraction of sp³-hybridized carbons (Fsp3) is 0.136. The van der Waals surface area contributed by atoms with E-state index in [1.807, 2.05) is 0 Å². The minimum absolute atomic E-state index is 0.872. The second-order valence-electron chi connectivity index (χ2n) is 12.9. The first-order valence-electron chi connectivity index (χ1n) is 16.5. The highest BCUT2D eigenvalue weighted by Gasteiger charge is 2.27. The largest absolute Gasteiger partial charge is 0.453 e. The Morgan fingerprint density at radius 2 is 1.20 bits per heavy atom. The molecular formula is C44H35NO. The van der Waals surface area contributed by atoms with Gasteiger partial charge in [-0.2, -0.15) is 0 Å². The van der Waals surface area contributed by atoms with Gasteiger partial charge in [0.1, 0.15) is 0 Å². The lowest BCUT2D eigenvalue weighted by atomic mass is 9.86. The summed E-state index contributed by atoms with van der Waals surface area (Å²) >= 11 is 0. The monoisotopic (exact) mass is 593 g/mol. The zero-order valence-corrected chi connectivity index (χ0v) is 26.5. The van der Waals surface area contributed by atoms with E-state index in [9.17, 15) is 0 Å². The van der Waals surface area contributed by atoms with Gasteiger partial charge in [0, 0.05) is 5.69 Å². The Labute approximate surface area is 269 Å². The van der Waals surface area contributed by atoms with E-state index in [0.29, 0.717) is 0 Å². The molecule has 0 atom stereocenters. The second kappa shape index (κ2) is 10.4. The molecule has 0 spiro atoms. The Balaban J connectivity index is 1.22. The summed E-state index contributed by atoms with van der Waals surface area (Å²) < 4.78 is 6.70. The molecule has 46 heavy (non-hydrogen) atoms. The topological polar surface area (TPSA) is 12.5 Å². The molecule has 8 aromatic carbocycles. The van der Waals surface area contributed by atoms with Gasteiger partial charge in [-0.15, -0.1) is 0 Å². The molecule has 1 aliphatic heterocycles. The van der Waals surface area contributed by atoms with E-state index in [4.69, 9.17) is 4.74 Å². The molecule has 8 aromatic rings. The summed E-state index contributed by atoms with van der Waals surface area (Å²) in [6.07, 6.45) is 3.53. The highest BCUT2D eigenvalue weighted by Crippen LogP contribution is 2.52. The fourth-order valence-electron chi connectivity index (χ4n) is 7.66. The lowest BCUT2D eigenvalue weighted by molar-refractivity contribution is 0.477. The molecule has 0 saturated carbocycles. The molecule has 0 saturated heterocycles. The summed E-state index contributed by atoms with van der Waals surface area (Å²) in [4.78, 5) is 2.35. The summed E-state index contributed by atoms with van der Waals surface area (Å²) in [5, 5.41) is 10.6. The third kappa shape index (κ3) is 4.03. The third-order valence-electron chi connectivity index (χ3n) is 9.98. The number of aryl methyl sites for hydroxylation is 3. The summed E-state index contributed by atoms with van der Waals surface area (Å²) in [6.45, 7) is 6.58. The van der Waals surface area contributed by atoms with Crippen molar-refractivity contribution in [1.29, 1.82) is 0 Å². The highest BCUT2D eigenvalue weighted by atomic mass is 16.5. The summed E-state index contributed by atoms with van der Waals surface area (Å²) in [6, 6.07) is 45.0. The van der Waals surface area contributed by atoms with Crippen LogP contribution in [-0.4, -0.2) is 0 Å². The van der Waals surface area contributed by atoms with Crippen LogP contribution in [0, 0.1) is 13.8 Å². The predicted molar refractivity (Wildman–Crippen MR) is 196 cm³/mol. The van der Waals surface area contributed by atoms with Crippen LogP contribution in [0.25, 0.3) is 54.2 Å². The van der Waals surface area contributed by atoms with E-state index in [1.165, 1.54) is 78.2 Å². The van der Waals surface area contributed by atoms with E-state index in [2.05, 4.69) is 147 Å². The number of rotatable bonds is 5. The predicted octanol–water partition coefficient (Wildman–Crippen LogP) is 12.9. The van der Waals surface area contributed by atoms with E-state index >= 15 is 0 Å². The van der Waals surface area contributed by atoms with Gasteiger partial charge in [0.25, 0.3) is 0 Å². The maximum atomic E-state index is 6.70. The van der Waals surface area contributed by atoms with Crippen LogP contribution in [0.1, 0.15) is 36.5 Å². The van der Waals surface area contributed by atoms with Gasteiger partial charge < -0.3 is 9.64 Å². The molecule has 2 nitrogen and oxygen atoms in total. The van der Waals surface area contributed by atoms with Crippen molar-refractivity contribution in [2.24, 2.45) is 0 Å². The fourth-order valence-corrected chi connectivity index (χ4v) is 7.66. The Morgan fingerprint density at radius 1 is 0.565 bits per heavy atom. The van der Waals surface area contributed by atoms with Crippen LogP contribution in [0.2, 0.25) is 0 Å². The standard InChI is InChI=1S/C44H35NO/c1-4-5-8-29-15-18-31(19-16-29)45-39-23-13-27(2)25-41(39)46-42-26-30(17-24-40(42)45)33-21-22-38-37-20-14-28(3)32-9-6-11-35(43(32)37)36-12-7-10-34(33)44(36)38/h6-7,9-26H,4-5,8H2,1-3H3. The molecule has 222 valence electrons. The van der Waals surface area contributed by atoms with Gasteiger partial charge >= 0.3 is 0 Å². The van der Waals surface area contributed by atoms with Crippen LogP contribution in [0.4, 0.5) is 17.1 Å². The molecular weight excluding hydrogens is 558 g/mol. The SMILES string of the molecule is CCCCc1ccc(N2c3ccc(C)cc3Oc3cc(-c4ccc5c6ccc(C)c7cccc(c8cccc4c85)c76)ccc32)cc1. The number of ether oxygens (including phenoxy) is 1. The summed E-state index contributed by atoms with van der Waals surface area (Å²) in [5.41, 5.74) is 9.53. The Kier molecular flexibility index (Phi) is 6.08. The number of unbranched alkanes of at least 4 members (excludes halogenated alkanes) is 1. The van der Waals surface area contributed by atoms with Crippen LogP contribution >= 0.6 is 0 Å². The number of fused-ring (bicyclic) bond motifs is 4. The minimum atomic E-state index is 0.872. The molecule has 1 heterocycles. The molecule has 0 unspecified atom stereocenters. The molecule has 0 N–H and O–H groups in total. The summed E-state index contributed by atoms with van der Waals surface area (Å²) in [5.74, 6) is 1.76. The first-order chi connectivity index (χ1) is 22.6. The van der Waals surface area contributed by atoms with Crippen LogP contribution in [0.3, 0.4) is 0 Å². The van der Waals surface area contributed by atoms with Gasteiger partial charge in [0.15, 0.2) is 11.5 Å². The van der Waals surface area contributed by atoms with E-state index < -0.39 is 0 Å². The van der Waals surface area contributed by atoms with Crippen molar-refractivity contribution in [2.75, 3.05) is 4.90 Å². The number of hydrogen-bond donors (Lipinski definition) is 0.